The van der Waals surface area contributed by atoms with Crippen molar-refractivity contribution >= 4 is 0 Å². The summed E-state index contributed by atoms with van der Waals surface area (Å²) in [6.07, 6.45) is -1.87. The Balaban J connectivity index is 2.65. The summed E-state index contributed by atoms with van der Waals surface area (Å²) in [5.74, 6) is -0.271. The molecule has 120 valence electrons. The molecule has 0 spiro atoms. The topological polar surface area (TPSA) is 35.5 Å². The molecule has 0 aromatic heterocycles. The van der Waals surface area contributed by atoms with E-state index in [-0.39, 0.29) is 31.6 Å². The van der Waals surface area contributed by atoms with Crippen molar-refractivity contribution < 1.29 is 18.3 Å². The maximum atomic E-state index is 13.6. The molecule has 0 saturated heterocycles. The number of nitrogens with one attached hydrogen (secondary N) is 1. The Morgan fingerprint density at radius 2 is 2.00 bits per heavy atom. The third-order valence-corrected chi connectivity index (χ3v) is 3.49. The van der Waals surface area contributed by atoms with Gasteiger partial charge in [-0.25, -0.2) is 13.2 Å². The molecule has 1 atom stereocenters. The third kappa shape index (κ3) is 6.03. The van der Waals surface area contributed by atoms with E-state index in [0.29, 0.717) is 18.5 Å². The fourth-order valence-electron chi connectivity index (χ4n) is 2.25. The summed E-state index contributed by atoms with van der Waals surface area (Å²) in [7, 11) is 1.76. The van der Waals surface area contributed by atoms with E-state index in [2.05, 4.69) is 5.32 Å². The van der Waals surface area contributed by atoms with Gasteiger partial charge in [0.15, 0.2) is 0 Å². The van der Waals surface area contributed by atoms with Gasteiger partial charge in [-0.15, -0.1) is 0 Å². The number of aliphatic hydroxyl groups is 1. The van der Waals surface area contributed by atoms with Gasteiger partial charge in [-0.2, -0.15) is 0 Å². The molecule has 2 N–H and O–H groups in total. The second-order valence-corrected chi connectivity index (χ2v) is 5.05. The number of hydrogen-bond donors (Lipinski definition) is 2. The van der Waals surface area contributed by atoms with Crippen molar-refractivity contribution in [2.75, 3.05) is 33.3 Å². The van der Waals surface area contributed by atoms with E-state index in [9.17, 15) is 13.2 Å². The van der Waals surface area contributed by atoms with Gasteiger partial charge < -0.3 is 10.4 Å². The minimum absolute atomic E-state index is 0.112. The number of aryl methyl sites for hydroxylation is 1. The molecule has 1 aromatic carbocycles. The summed E-state index contributed by atoms with van der Waals surface area (Å²) in [6, 6.07) is 4.90. The summed E-state index contributed by atoms with van der Waals surface area (Å²) >= 11 is 0. The zero-order chi connectivity index (χ0) is 15.8. The highest BCUT2D eigenvalue weighted by Crippen LogP contribution is 2.20. The molecule has 0 aliphatic carbocycles. The maximum Gasteiger partial charge on any atom is 0.251 e. The monoisotopic (exact) mass is 304 g/mol. The van der Waals surface area contributed by atoms with Gasteiger partial charge in [-0.3, -0.25) is 4.90 Å². The molecule has 21 heavy (non-hydrogen) atoms. The molecule has 6 heteroatoms. The lowest BCUT2D eigenvalue weighted by atomic mass is 10.0. The summed E-state index contributed by atoms with van der Waals surface area (Å²) in [5, 5.41) is 12.0. The molecule has 0 heterocycles. The van der Waals surface area contributed by atoms with Crippen molar-refractivity contribution in [3.63, 3.8) is 0 Å². The predicted molar refractivity (Wildman–Crippen MR) is 77.1 cm³/mol. The third-order valence-electron chi connectivity index (χ3n) is 3.49. The van der Waals surface area contributed by atoms with Crippen LogP contribution in [0.3, 0.4) is 0 Å². The Kier molecular flexibility index (Phi) is 7.71. The van der Waals surface area contributed by atoms with Crippen LogP contribution < -0.4 is 5.32 Å². The quantitative estimate of drug-likeness (QED) is 0.735. The highest BCUT2D eigenvalue weighted by molar-refractivity contribution is 5.25. The summed E-state index contributed by atoms with van der Waals surface area (Å²) in [4.78, 5) is 1.51. The molecule has 0 amide bonds. The lowest BCUT2D eigenvalue weighted by Gasteiger charge is -2.24. The first-order valence-corrected chi connectivity index (χ1v) is 7.02. The van der Waals surface area contributed by atoms with Gasteiger partial charge in [-0.1, -0.05) is 12.1 Å². The predicted octanol–water partition coefficient (Wildman–Crippen LogP) is 2.34. The van der Waals surface area contributed by atoms with Crippen LogP contribution in [0, 0.1) is 12.7 Å². The fourth-order valence-corrected chi connectivity index (χ4v) is 2.25. The SMILES string of the molecule is CNC(CCN(CCO)CC(F)F)c1ccc(C)c(F)c1. The maximum absolute atomic E-state index is 13.6. The average Bonchev–Trinajstić information content (AvgIpc) is 2.42. The molecule has 1 unspecified atom stereocenters. The number of benzene rings is 1. The largest absolute Gasteiger partial charge is 0.395 e. The Bertz CT molecular complexity index is 429. The van der Waals surface area contributed by atoms with E-state index in [0.717, 1.165) is 5.56 Å². The van der Waals surface area contributed by atoms with E-state index in [4.69, 9.17) is 5.11 Å². The zero-order valence-corrected chi connectivity index (χ0v) is 12.5. The van der Waals surface area contributed by atoms with E-state index in [1.807, 2.05) is 6.07 Å². The minimum Gasteiger partial charge on any atom is -0.395 e. The van der Waals surface area contributed by atoms with E-state index < -0.39 is 6.43 Å². The first kappa shape index (κ1) is 17.9. The van der Waals surface area contributed by atoms with Crippen LogP contribution in [0.15, 0.2) is 18.2 Å². The minimum atomic E-state index is -2.43. The molecule has 0 radical (unpaired) electrons. The van der Waals surface area contributed by atoms with E-state index in [1.54, 1.807) is 20.0 Å². The van der Waals surface area contributed by atoms with Gasteiger partial charge in [0.25, 0.3) is 6.43 Å². The van der Waals surface area contributed by atoms with Crippen molar-refractivity contribution in [3.05, 3.63) is 35.1 Å². The number of rotatable bonds is 9. The molecule has 1 aromatic rings. The second-order valence-electron chi connectivity index (χ2n) is 5.05. The number of halogens is 3. The Morgan fingerprint density at radius 3 is 2.52 bits per heavy atom. The van der Waals surface area contributed by atoms with E-state index in [1.165, 1.54) is 11.0 Å². The average molecular weight is 304 g/mol. The highest BCUT2D eigenvalue weighted by Gasteiger charge is 2.16. The number of hydrogen-bond acceptors (Lipinski definition) is 3. The lowest BCUT2D eigenvalue weighted by molar-refractivity contribution is 0.0763. The van der Waals surface area contributed by atoms with Gasteiger partial charge >= 0.3 is 0 Å². The molecule has 0 saturated carbocycles. The zero-order valence-electron chi connectivity index (χ0n) is 12.5. The highest BCUT2D eigenvalue weighted by atomic mass is 19.3. The van der Waals surface area contributed by atoms with Crippen LogP contribution in [-0.4, -0.2) is 49.7 Å². The molecule has 0 aliphatic heterocycles. The summed E-state index contributed by atoms with van der Waals surface area (Å²) in [6.45, 7) is 1.80. The molecular formula is C15H23F3N2O. The van der Waals surface area contributed by atoms with Crippen molar-refractivity contribution in [3.8, 4) is 0 Å². The van der Waals surface area contributed by atoms with Crippen molar-refractivity contribution in [2.24, 2.45) is 0 Å². The fraction of sp³-hybridized carbons (Fsp3) is 0.600. The van der Waals surface area contributed by atoms with Crippen LogP contribution in [-0.2, 0) is 0 Å². The van der Waals surface area contributed by atoms with Crippen LogP contribution in [0.2, 0.25) is 0 Å². The van der Waals surface area contributed by atoms with Crippen LogP contribution in [0.4, 0.5) is 13.2 Å². The number of nitrogens with zero attached hydrogens (tertiary/aromatic N) is 1. The second kappa shape index (κ2) is 9.02. The summed E-state index contributed by atoms with van der Waals surface area (Å²) < 4.78 is 38.5. The van der Waals surface area contributed by atoms with Gasteiger partial charge in [0.1, 0.15) is 5.82 Å². The number of aliphatic hydroxyl groups excluding tert-OH is 1. The smallest absolute Gasteiger partial charge is 0.251 e. The number of alkyl halides is 2. The van der Waals surface area contributed by atoms with E-state index >= 15 is 0 Å². The molecule has 3 nitrogen and oxygen atoms in total. The normalized spacial score (nSPS) is 13.1. The summed E-state index contributed by atoms with van der Waals surface area (Å²) in [5.41, 5.74) is 1.37. The van der Waals surface area contributed by atoms with Gasteiger partial charge in [-0.05, 0) is 37.6 Å². The van der Waals surface area contributed by atoms with Crippen LogP contribution in [0.1, 0.15) is 23.6 Å². The van der Waals surface area contributed by atoms with Crippen LogP contribution in [0.5, 0.6) is 0 Å². The van der Waals surface area contributed by atoms with Gasteiger partial charge in [0, 0.05) is 19.1 Å². The first-order valence-electron chi connectivity index (χ1n) is 7.02. The van der Waals surface area contributed by atoms with Crippen LogP contribution in [0.25, 0.3) is 0 Å². The Hall–Kier alpha value is -1.11. The van der Waals surface area contributed by atoms with Gasteiger partial charge in [0.2, 0.25) is 0 Å². The standard InChI is InChI=1S/C15H23F3N2O/c1-11-3-4-12(9-13(11)16)14(19-2)5-6-20(7-8-21)10-15(17)18/h3-4,9,14-15,19,21H,5-8,10H2,1-2H3. The molecule has 0 aliphatic rings. The van der Waals surface area contributed by atoms with Gasteiger partial charge in [0.05, 0.1) is 13.2 Å². The van der Waals surface area contributed by atoms with Crippen molar-refractivity contribution in [2.45, 2.75) is 25.8 Å². The van der Waals surface area contributed by atoms with Crippen molar-refractivity contribution in [1.82, 2.24) is 10.2 Å². The Morgan fingerprint density at radius 1 is 1.29 bits per heavy atom. The lowest BCUT2D eigenvalue weighted by Crippen LogP contribution is -2.34. The molecule has 0 bridgehead atoms. The Labute approximate surface area is 123 Å². The first-order chi connectivity index (χ1) is 9.97. The molecule has 0 fully saturated rings. The van der Waals surface area contributed by atoms with Crippen LogP contribution >= 0.6 is 0 Å². The molecule has 1 rings (SSSR count). The van der Waals surface area contributed by atoms with Crippen molar-refractivity contribution in [1.29, 1.82) is 0 Å². The molecular weight excluding hydrogens is 281 g/mol.